The molecule has 2 atom stereocenters. The topological polar surface area (TPSA) is 81.9 Å². The molecule has 1 rings (SSSR count). The van der Waals surface area contributed by atoms with Crippen LogP contribution in [0.1, 0.15) is 41.0 Å². The molecular formula is C15H28N2O4. The Balaban J connectivity index is 2.92. The zero-order valence-electron chi connectivity index (χ0n) is 13.9. The van der Waals surface area contributed by atoms with Gasteiger partial charge in [-0.1, -0.05) is 13.8 Å². The summed E-state index contributed by atoms with van der Waals surface area (Å²) in [6.45, 7) is 10.0. The smallest absolute Gasteiger partial charge is 0.325 e. The first-order valence-corrected chi connectivity index (χ1v) is 7.40. The standard InChI is InChI=1S/C15H28N2O4/c1-7-21-11-8-15(16,14(11,4)5)13(19)17(10(2)3)9-12(18)20-6/h10-11H,7-9,16H2,1-6H3. The van der Waals surface area contributed by atoms with Crippen LogP contribution in [0.4, 0.5) is 0 Å². The van der Waals surface area contributed by atoms with Crippen LogP contribution in [0.3, 0.4) is 0 Å². The van der Waals surface area contributed by atoms with Crippen molar-refractivity contribution in [1.82, 2.24) is 4.90 Å². The molecule has 0 saturated heterocycles. The van der Waals surface area contributed by atoms with Crippen LogP contribution in [-0.2, 0) is 19.1 Å². The van der Waals surface area contributed by atoms with Crippen molar-refractivity contribution in [2.75, 3.05) is 20.3 Å². The molecule has 0 radical (unpaired) electrons. The van der Waals surface area contributed by atoms with Gasteiger partial charge in [0, 0.05) is 24.5 Å². The summed E-state index contributed by atoms with van der Waals surface area (Å²) in [7, 11) is 1.31. The van der Waals surface area contributed by atoms with Gasteiger partial charge in [0.15, 0.2) is 0 Å². The molecule has 2 unspecified atom stereocenters. The molecule has 1 aliphatic rings. The lowest BCUT2D eigenvalue weighted by Gasteiger charge is -2.58. The van der Waals surface area contributed by atoms with Gasteiger partial charge in [-0.15, -0.1) is 0 Å². The van der Waals surface area contributed by atoms with Crippen LogP contribution >= 0.6 is 0 Å². The summed E-state index contributed by atoms with van der Waals surface area (Å²) in [6, 6.07) is -0.126. The van der Waals surface area contributed by atoms with Crippen molar-refractivity contribution in [3.63, 3.8) is 0 Å². The molecule has 0 aromatic heterocycles. The molecule has 21 heavy (non-hydrogen) atoms. The fourth-order valence-corrected chi connectivity index (χ4v) is 2.75. The summed E-state index contributed by atoms with van der Waals surface area (Å²) in [5.74, 6) is -0.664. The lowest BCUT2D eigenvalue weighted by molar-refractivity contribution is -0.182. The molecule has 0 aromatic rings. The number of esters is 1. The minimum atomic E-state index is -1.01. The predicted octanol–water partition coefficient (Wildman–Crippen LogP) is 0.929. The van der Waals surface area contributed by atoms with Gasteiger partial charge in [0.25, 0.3) is 0 Å². The SMILES string of the molecule is CCOC1CC(N)(C(=O)N(CC(=O)OC)C(C)C)C1(C)C. The van der Waals surface area contributed by atoms with Gasteiger partial charge in [-0.2, -0.15) is 0 Å². The number of carbonyl (C=O) groups is 2. The van der Waals surface area contributed by atoms with Crippen molar-refractivity contribution in [3.05, 3.63) is 0 Å². The highest BCUT2D eigenvalue weighted by molar-refractivity contribution is 5.91. The van der Waals surface area contributed by atoms with Gasteiger partial charge in [0.05, 0.1) is 13.2 Å². The maximum atomic E-state index is 12.8. The minimum absolute atomic E-state index is 0.0383. The minimum Gasteiger partial charge on any atom is -0.468 e. The third-order valence-electron chi connectivity index (χ3n) is 4.62. The molecule has 0 aliphatic heterocycles. The molecule has 6 nitrogen and oxygen atoms in total. The van der Waals surface area contributed by atoms with E-state index in [4.69, 9.17) is 10.5 Å². The number of nitrogens with two attached hydrogens (primary N) is 1. The predicted molar refractivity (Wildman–Crippen MR) is 79.6 cm³/mol. The summed E-state index contributed by atoms with van der Waals surface area (Å²) < 4.78 is 10.3. The molecule has 1 saturated carbocycles. The van der Waals surface area contributed by atoms with E-state index in [2.05, 4.69) is 4.74 Å². The number of nitrogens with zero attached hydrogens (tertiary/aromatic N) is 1. The van der Waals surface area contributed by atoms with E-state index in [9.17, 15) is 9.59 Å². The van der Waals surface area contributed by atoms with Crippen LogP contribution in [-0.4, -0.2) is 54.7 Å². The molecular weight excluding hydrogens is 272 g/mol. The van der Waals surface area contributed by atoms with E-state index in [0.717, 1.165) is 0 Å². The zero-order valence-corrected chi connectivity index (χ0v) is 13.9. The molecule has 122 valence electrons. The van der Waals surface area contributed by atoms with E-state index in [1.807, 2.05) is 34.6 Å². The van der Waals surface area contributed by atoms with Gasteiger partial charge < -0.3 is 20.1 Å². The average molecular weight is 300 g/mol. The Kier molecular flexibility index (Phi) is 5.39. The molecule has 2 N–H and O–H groups in total. The quantitative estimate of drug-likeness (QED) is 0.738. The highest BCUT2D eigenvalue weighted by Crippen LogP contribution is 2.50. The molecule has 0 spiro atoms. The molecule has 1 aliphatic carbocycles. The summed E-state index contributed by atoms with van der Waals surface area (Å²) in [5, 5.41) is 0. The van der Waals surface area contributed by atoms with Crippen LogP contribution in [0.25, 0.3) is 0 Å². The Morgan fingerprint density at radius 1 is 1.38 bits per heavy atom. The van der Waals surface area contributed by atoms with Gasteiger partial charge in [-0.25, -0.2) is 0 Å². The first kappa shape index (κ1) is 17.9. The van der Waals surface area contributed by atoms with Crippen molar-refractivity contribution < 1.29 is 19.1 Å². The molecule has 1 fully saturated rings. The third-order valence-corrected chi connectivity index (χ3v) is 4.62. The maximum absolute atomic E-state index is 12.8. The van der Waals surface area contributed by atoms with Crippen LogP contribution in [0.15, 0.2) is 0 Å². The highest BCUT2D eigenvalue weighted by atomic mass is 16.5. The van der Waals surface area contributed by atoms with Crippen LogP contribution in [0, 0.1) is 5.41 Å². The van der Waals surface area contributed by atoms with Crippen molar-refractivity contribution >= 4 is 11.9 Å². The van der Waals surface area contributed by atoms with Gasteiger partial charge in [0.2, 0.25) is 5.91 Å². The van der Waals surface area contributed by atoms with Gasteiger partial charge >= 0.3 is 5.97 Å². The summed E-state index contributed by atoms with van der Waals surface area (Å²) in [4.78, 5) is 25.8. The Hall–Kier alpha value is -1.14. The Morgan fingerprint density at radius 2 is 1.95 bits per heavy atom. The number of hydrogen-bond donors (Lipinski definition) is 1. The number of amides is 1. The van der Waals surface area contributed by atoms with E-state index < -0.39 is 16.9 Å². The van der Waals surface area contributed by atoms with Crippen molar-refractivity contribution in [2.24, 2.45) is 11.1 Å². The summed E-state index contributed by atoms with van der Waals surface area (Å²) >= 11 is 0. The van der Waals surface area contributed by atoms with Crippen LogP contribution in [0.5, 0.6) is 0 Å². The van der Waals surface area contributed by atoms with E-state index in [1.54, 1.807) is 0 Å². The van der Waals surface area contributed by atoms with Crippen LogP contribution in [0.2, 0.25) is 0 Å². The number of methoxy groups -OCH3 is 1. The Labute approximate surface area is 126 Å². The first-order chi connectivity index (χ1) is 9.61. The third kappa shape index (κ3) is 3.06. The normalized spacial score (nSPS) is 27.1. The summed E-state index contributed by atoms with van der Waals surface area (Å²) in [5.41, 5.74) is 4.90. The second-order valence-electron chi connectivity index (χ2n) is 6.44. The molecule has 6 heteroatoms. The van der Waals surface area contributed by atoms with Crippen LogP contribution < -0.4 is 5.73 Å². The molecule has 0 aromatic carbocycles. The van der Waals surface area contributed by atoms with Crippen molar-refractivity contribution in [3.8, 4) is 0 Å². The number of hydrogen-bond acceptors (Lipinski definition) is 5. The van der Waals surface area contributed by atoms with Crippen molar-refractivity contribution in [2.45, 2.75) is 58.7 Å². The number of rotatable bonds is 6. The largest absolute Gasteiger partial charge is 0.468 e. The van der Waals surface area contributed by atoms with E-state index in [1.165, 1.54) is 12.0 Å². The Bertz CT molecular complexity index is 408. The van der Waals surface area contributed by atoms with Gasteiger partial charge in [0.1, 0.15) is 12.1 Å². The van der Waals surface area contributed by atoms with E-state index in [-0.39, 0.29) is 24.6 Å². The van der Waals surface area contributed by atoms with E-state index >= 15 is 0 Å². The molecule has 0 bridgehead atoms. The summed E-state index contributed by atoms with van der Waals surface area (Å²) in [6.07, 6.45) is 0.431. The molecule has 1 amide bonds. The second kappa shape index (κ2) is 6.32. The first-order valence-electron chi connectivity index (χ1n) is 7.40. The Morgan fingerprint density at radius 3 is 2.33 bits per heavy atom. The fourth-order valence-electron chi connectivity index (χ4n) is 2.75. The highest BCUT2D eigenvalue weighted by Gasteiger charge is 2.64. The number of ether oxygens (including phenoxy) is 2. The van der Waals surface area contributed by atoms with Crippen molar-refractivity contribution in [1.29, 1.82) is 0 Å². The zero-order chi connectivity index (χ0) is 16.4. The maximum Gasteiger partial charge on any atom is 0.325 e. The lowest BCUT2D eigenvalue weighted by atomic mass is 9.54. The van der Waals surface area contributed by atoms with Gasteiger partial charge in [-0.3, -0.25) is 9.59 Å². The fraction of sp³-hybridized carbons (Fsp3) is 0.867. The lowest BCUT2D eigenvalue weighted by Crippen LogP contribution is -2.76. The number of carbonyl (C=O) groups excluding carboxylic acids is 2. The molecule has 0 heterocycles. The average Bonchev–Trinajstić information content (AvgIpc) is 2.42. The second-order valence-corrected chi connectivity index (χ2v) is 6.44. The van der Waals surface area contributed by atoms with Gasteiger partial charge in [-0.05, 0) is 20.8 Å². The van der Waals surface area contributed by atoms with E-state index in [0.29, 0.717) is 13.0 Å². The monoisotopic (exact) mass is 300 g/mol.